The summed E-state index contributed by atoms with van der Waals surface area (Å²) in [7, 11) is 1.30. The van der Waals surface area contributed by atoms with E-state index < -0.39 is 47.0 Å². The molecule has 0 bridgehead atoms. The van der Waals surface area contributed by atoms with E-state index >= 15 is 0 Å². The Bertz CT molecular complexity index is 773. The second-order valence-electron chi connectivity index (χ2n) is 6.71. The van der Waals surface area contributed by atoms with Crippen molar-refractivity contribution >= 4 is 29.1 Å². The standard InChI is InChI=1S/C16H17ClF2N2O4/c1-15(2)24-12-11(20-14(23)16(12,3)25-15)13(22)21(4)10-5-7(17)8(18)6-9(10)19/h5-6,11-12H,1-4H3,(H,20,23)/t11-,12-,16-/m0/s1. The molecule has 2 aliphatic heterocycles. The van der Waals surface area contributed by atoms with Gasteiger partial charge in [-0.05, 0) is 26.8 Å². The lowest BCUT2D eigenvalue weighted by molar-refractivity contribution is -0.175. The van der Waals surface area contributed by atoms with E-state index in [1.807, 2.05) is 0 Å². The predicted octanol–water partition coefficient (Wildman–Crippen LogP) is 1.99. The van der Waals surface area contributed by atoms with Gasteiger partial charge in [0.2, 0.25) is 0 Å². The highest BCUT2D eigenvalue weighted by Crippen LogP contribution is 2.42. The van der Waals surface area contributed by atoms with Crippen LogP contribution in [0.3, 0.4) is 0 Å². The molecular formula is C16H17ClF2N2O4. The first-order valence-electron chi connectivity index (χ1n) is 7.57. The molecule has 0 aliphatic carbocycles. The van der Waals surface area contributed by atoms with Crippen molar-refractivity contribution in [2.75, 3.05) is 11.9 Å². The Morgan fingerprint density at radius 3 is 2.56 bits per heavy atom. The number of amides is 2. The molecule has 3 rings (SSSR count). The van der Waals surface area contributed by atoms with E-state index in [2.05, 4.69) is 5.32 Å². The number of benzene rings is 1. The van der Waals surface area contributed by atoms with Crippen molar-refractivity contribution < 1.29 is 27.8 Å². The number of fused-ring (bicyclic) bond motifs is 1. The lowest BCUT2D eigenvalue weighted by Crippen LogP contribution is -2.49. The van der Waals surface area contributed by atoms with Crippen LogP contribution in [0, 0.1) is 11.6 Å². The molecule has 0 unspecified atom stereocenters. The minimum atomic E-state index is -1.33. The highest BCUT2D eigenvalue weighted by atomic mass is 35.5. The molecular weight excluding hydrogens is 358 g/mol. The van der Waals surface area contributed by atoms with Gasteiger partial charge in [0.15, 0.2) is 11.4 Å². The minimum absolute atomic E-state index is 0.211. The van der Waals surface area contributed by atoms with E-state index in [0.717, 1.165) is 11.0 Å². The molecule has 0 saturated carbocycles. The Balaban J connectivity index is 1.91. The molecule has 3 atom stereocenters. The largest absolute Gasteiger partial charge is 0.341 e. The van der Waals surface area contributed by atoms with Crippen molar-refractivity contribution in [1.82, 2.24) is 5.32 Å². The maximum atomic E-state index is 14.0. The number of hydrogen-bond donors (Lipinski definition) is 1. The third kappa shape index (κ3) is 2.78. The summed E-state index contributed by atoms with van der Waals surface area (Å²) >= 11 is 5.67. The molecule has 9 heteroatoms. The van der Waals surface area contributed by atoms with Crippen molar-refractivity contribution in [1.29, 1.82) is 0 Å². The first-order chi connectivity index (χ1) is 11.5. The van der Waals surface area contributed by atoms with E-state index in [-0.39, 0.29) is 10.7 Å². The zero-order chi connectivity index (χ0) is 18.7. The lowest BCUT2D eigenvalue weighted by Gasteiger charge is -2.26. The Kier molecular flexibility index (Phi) is 4.05. The average molecular weight is 375 g/mol. The summed E-state index contributed by atoms with van der Waals surface area (Å²) in [5, 5.41) is 2.20. The number of nitrogens with one attached hydrogen (secondary N) is 1. The van der Waals surface area contributed by atoms with E-state index in [0.29, 0.717) is 6.07 Å². The molecule has 25 heavy (non-hydrogen) atoms. The molecule has 2 saturated heterocycles. The predicted molar refractivity (Wildman–Crippen MR) is 85.2 cm³/mol. The van der Waals surface area contributed by atoms with Gasteiger partial charge in [0.05, 0.1) is 10.7 Å². The van der Waals surface area contributed by atoms with E-state index in [1.54, 1.807) is 13.8 Å². The number of hydrogen-bond acceptors (Lipinski definition) is 4. The second kappa shape index (κ2) is 5.62. The molecule has 1 aromatic carbocycles. The molecule has 2 fully saturated rings. The Morgan fingerprint density at radius 1 is 1.28 bits per heavy atom. The summed E-state index contributed by atoms with van der Waals surface area (Å²) in [4.78, 5) is 26.0. The number of halogens is 3. The SMILES string of the molecule is CN(C(=O)[C@H]1NC(=O)[C@@]2(C)OC(C)(C)O[C@@H]12)c1cc(Cl)c(F)cc1F. The molecule has 136 valence electrons. The smallest absolute Gasteiger partial charge is 0.255 e. The van der Waals surface area contributed by atoms with Crippen LogP contribution in [-0.2, 0) is 19.1 Å². The molecule has 2 aliphatic rings. The van der Waals surface area contributed by atoms with E-state index in [1.165, 1.54) is 14.0 Å². The summed E-state index contributed by atoms with van der Waals surface area (Å²) in [6.45, 7) is 4.80. The van der Waals surface area contributed by atoms with Gasteiger partial charge in [-0.2, -0.15) is 0 Å². The zero-order valence-corrected chi connectivity index (χ0v) is 14.8. The second-order valence-corrected chi connectivity index (χ2v) is 7.12. The quantitative estimate of drug-likeness (QED) is 0.804. The topological polar surface area (TPSA) is 67.9 Å². The van der Waals surface area contributed by atoms with Gasteiger partial charge in [0, 0.05) is 13.1 Å². The Hall–Kier alpha value is -1.77. The molecule has 1 N–H and O–H groups in total. The van der Waals surface area contributed by atoms with Crippen LogP contribution in [0.15, 0.2) is 12.1 Å². The first kappa shape index (κ1) is 18.0. The minimum Gasteiger partial charge on any atom is -0.341 e. The Morgan fingerprint density at radius 2 is 1.92 bits per heavy atom. The highest BCUT2D eigenvalue weighted by Gasteiger charge is 2.64. The summed E-state index contributed by atoms with van der Waals surface area (Å²) in [6.07, 6.45) is -0.885. The maximum Gasteiger partial charge on any atom is 0.255 e. The molecule has 0 spiro atoms. The summed E-state index contributed by atoms with van der Waals surface area (Å²) < 4.78 is 38.7. The number of nitrogens with zero attached hydrogens (tertiary/aromatic N) is 1. The monoisotopic (exact) mass is 374 g/mol. The average Bonchev–Trinajstić information content (AvgIpc) is 2.89. The van der Waals surface area contributed by atoms with Crippen molar-refractivity contribution in [3.8, 4) is 0 Å². The van der Waals surface area contributed by atoms with Crippen LogP contribution in [0.4, 0.5) is 14.5 Å². The van der Waals surface area contributed by atoms with Gasteiger partial charge in [-0.3, -0.25) is 9.59 Å². The molecule has 6 nitrogen and oxygen atoms in total. The van der Waals surface area contributed by atoms with Gasteiger partial charge in [-0.15, -0.1) is 0 Å². The van der Waals surface area contributed by atoms with Crippen molar-refractivity contribution in [3.05, 3.63) is 28.8 Å². The fourth-order valence-electron chi connectivity index (χ4n) is 3.22. The van der Waals surface area contributed by atoms with Crippen LogP contribution >= 0.6 is 11.6 Å². The number of likely N-dealkylation sites (N-methyl/N-ethyl adjacent to an activating group) is 1. The van der Waals surface area contributed by atoms with Crippen LogP contribution in [0.2, 0.25) is 5.02 Å². The molecule has 2 amide bonds. The molecule has 1 aromatic rings. The summed E-state index contributed by atoms with van der Waals surface area (Å²) in [5.41, 5.74) is -1.54. The third-order valence-corrected chi connectivity index (χ3v) is 4.69. The fraction of sp³-hybridized carbons (Fsp3) is 0.500. The van der Waals surface area contributed by atoms with Crippen molar-refractivity contribution in [2.24, 2.45) is 0 Å². The summed E-state index contributed by atoms with van der Waals surface area (Å²) in [5.74, 6) is -4.05. The molecule has 0 aromatic heterocycles. The number of carbonyl (C=O) groups is 2. The van der Waals surface area contributed by atoms with Gasteiger partial charge in [-0.1, -0.05) is 11.6 Å². The van der Waals surface area contributed by atoms with E-state index in [9.17, 15) is 18.4 Å². The van der Waals surface area contributed by atoms with Crippen LogP contribution in [-0.4, -0.2) is 42.4 Å². The van der Waals surface area contributed by atoms with Gasteiger partial charge in [0.25, 0.3) is 11.8 Å². The van der Waals surface area contributed by atoms with Crippen molar-refractivity contribution in [2.45, 2.75) is 44.3 Å². The zero-order valence-electron chi connectivity index (χ0n) is 14.0. The number of carbonyl (C=O) groups excluding carboxylic acids is 2. The van der Waals surface area contributed by atoms with Crippen LogP contribution in [0.5, 0.6) is 0 Å². The normalized spacial score (nSPS) is 30.1. The maximum absolute atomic E-state index is 14.0. The first-order valence-corrected chi connectivity index (χ1v) is 7.95. The Labute approximate surface area is 148 Å². The van der Waals surface area contributed by atoms with Crippen LogP contribution < -0.4 is 10.2 Å². The lowest BCUT2D eigenvalue weighted by atomic mass is 9.98. The highest BCUT2D eigenvalue weighted by molar-refractivity contribution is 6.31. The molecule has 2 heterocycles. The third-order valence-electron chi connectivity index (χ3n) is 4.40. The van der Waals surface area contributed by atoms with Gasteiger partial charge < -0.3 is 19.7 Å². The van der Waals surface area contributed by atoms with Crippen LogP contribution in [0.25, 0.3) is 0 Å². The van der Waals surface area contributed by atoms with Crippen LogP contribution in [0.1, 0.15) is 20.8 Å². The van der Waals surface area contributed by atoms with Gasteiger partial charge in [-0.25, -0.2) is 8.78 Å². The summed E-state index contributed by atoms with van der Waals surface area (Å²) in [6, 6.07) is 0.528. The fourth-order valence-corrected chi connectivity index (χ4v) is 3.38. The van der Waals surface area contributed by atoms with Gasteiger partial charge in [0.1, 0.15) is 23.8 Å². The molecule has 0 radical (unpaired) electrons. The van der Waals surface area contributed by atoms with Gasteiger partial charge >= 0.3 is 0 Å². The van der Waals surface area contributed by atoms with E-state index in [4.69, 9.17) is 21.1 Å². The number of anilines is 1. The number of ether oxygens (including phenoxy) is 2. The number of rotatable bonds is 2. The van der Waals surface area contributed by atoms with Crippen molar-refractivity contribution in [3.63, 3.8) is 0 Å².